The number of hydrogen-bond donors (Lipinski definition) is 0. The van der Waals surface area contributed by atoms with Gasteiger partial charge >= 0.3 is 0 Å². The molecule has 0 aliphatic rings. The summed E-state index contributed by atoms with van der Waals surface area (Å²) in [5, 5.41) is 37.7. The second-order valence-corrected chi connectivity index (χ2v) is 20.7. The van der Waals surface area contributed by atoms with Crippen molar-refractivity contribution in [2.75, 3.05) is 0 Å². The van der Waals surface area contributed by atoms with Gasteiger partial charge < -0.3 is 27.1 Å². The van der Waals surface area contributed by atoms with Crippen molar-refractivity contribution in [3.63, 3.8) is 0 Å². The van der Waals surface area contributed by atoms with Crippen molar-refractivity contribution in [2.24, 2.45) is 0 Å². The van der Waals surface area contributed by atoms with E-state index in [2.05, 4.69) is 214 Å². The quantitative estimate of drug-likeness (QED) is 0.176. The number of rotatable bonds is 4. The first-order chi connectivity index (χ1) is 38.5. The maximum absolute atomic E-state index is 12.9. The third-order valence-electron chi connectivity index (χ3n) is 16.5. The normalized spacial score (nSPS) is 12.2. The lowest BCUT2D eigenvalue weighted by Crippen LogP contribution is -2.16. The number of benzene rings is 11. The van der Waals surface area contributed by atoms with Gasteiger partial charge in [0.2, 0.25) is 0 Å². The van der Waals surface area contributed by atoms with E-state index in [0.717, 1.165) is 131 Å². The molecule has 0 saturated heterocycles. The smallest absolute Gasteiger partial charge is 0.160 e. The number of hydrogen-bond acceptors (Lipinski definition) is 4. The highest BCUT2D eigenvalue weighted by molar-refractivity contribution is 6.24. The van der Waals surface area contributed by atoms with Crippen LogP contribution in [0.3, 0.4) is 0 Å². The highest BCUT2D eigenvalue weighted by Gasteiger charge is 2.36. The molecule has 8 nitrogen and oxygen atoms in total. The summed E-state index contributed by atoms with van der Waals surface area (Å²) < 4.78 is 23.1. The molecule has 0 aliphatic carbocycles. The van der Waals surface area contributed by atoms with Crippen LogP contribution in [-0.4, -0.2) is 18.3 Å². The van der Waals surface area contributed by atoms with Crippen LogP contribution in [-0.2, 0) is 0 Å². The van der Waals surface area contributed by atoms with Crippen LogP contribution in [0.1, 0.15) is 22.3 Å². The third kappa shape index (κ3) is 5.39. The van der Waals surface area contributed by atoms with Crippen LogP contribution < -0.4 is 0 Å². The van der Waals surface area contributed by atoms with Gasteiger partial charge in [-0.2, -0.15) is 10.5 Å². The van der Waals surface area contributed by atoms with Crippen molar-refractivity contribution >= 4 is 131 Å². The number of nitrogens with zero attached hydrogens (tertiary/aromatic N) is 6. The van der Waals surface area contributed by atoms with E-state index < -0.39 is 0 Å². The SMILES string of the molecule is Cc1ccc2c(c1)c1ccc3c4ccccc4oc3c1n2-c1c(C#N)c(-n2c3ccccc3c3ccccc32)c(-n2c3ccc(C)cc3c3ccc4c5ccccc5oc4c32)c(C#N)c1-n1c2ccccc2c2ccccc21. The zero-order valence-electron chi connectivity index (χ0n) is 42.1. The molecule has 0 saturated carbocycles. The second-order valence-electron chi connectivity index (χ2n) is 20.7. The Labute approximate surface area is 443 Å². The van der Waals surface area contributed by atoms with Gasteiger partial charge in [0.05, 0.1) is 66.9 Å². The van der Waals surface area contributed by atoms with Crippen molar-refractivity contribution in [1.82, 2.24) is 18.3 Å². The summed E-state index contributed by atoms with van der Waals surface area (Å²) in [5.41, 5.74) is 14.9. The van der Waals surface area contributed by atoms with Crippen LogP contribution in [0.2, 0.25) is 0 Å². The highest BCUT2D eigenvalue weighted by Crippen LogP contribution is 2.51. The van der Waals surface area contributed by atoms with Gasteiger partial charge in [-0.3, -0.25) is 0 Å². The van der Waals surface area contributed by atoms with Crippen LogP contribution >= 0.6 is 0 Å². The van der Waals surface area contributed by atoms with E-state index >= 15 is 0 Å². The fraction of sp³-hybridized carbons (Fsp3) is 0.0286. The summed E-state index contributed by atoms with van der Waals surface area (Å²) >= 11 is 0. The molecular formula is C70H40N6O2. The van der Waals surface area contributed by atoms with Gasteiger partial charge in [-0.05, 0) is 86.6 Å². The minimum absolute atomic E-state index is 0.360. The summed E-state index contributed by atoms with van der Waals surface area (Å²) in [5.74, 6) is 0. The molecule has 17 aromatic rings. The Kier molecular flexibility index (Phi) is 8.40. The summed E-state index contributed by atoms with van der Waals surface area (Å²) in [6, 6.07) is 77.5. The first-order valence-electron chi connectivity index (χ1n) is 26.2. The number of aryl methyl sites for hydroxylation is 2. The molecule has 11 aromatic carbocycles. The molecule has 0 bridgehead atoms. The molecule has 0 atom stereocenters. The first-order valence-corrected chi connectivity index (χ1v) is 26.2. The predicted molar refractivity (Wildman–Crippen MR) is 317 cm³/mol. The molecule has 6 aromatic heterocycles. The van der Waals surface area contributed by atoms with Gasteiger partial charge in [-0.25, -0.2) is 0 Å². The van der Waals surface area contributed by atoms with Crippen LogP contribution in [0.15, 0.2) is 215 Å². The number of para-hydroxylation sites is 6. The fourth-order valence-electron chi connectivity index (χ4n) is 13.4. The minimum Gasteiger partial charge on any atom is -0.454 e. The maximum Gasteiger partial charge on any atom is 0.160 e. The van der Waals surface area contributed by atoms with Gasteiger partial charge in [0.1, 0.15) is 34.4 Å². The molecule has 6 heterocycles. The highest BCUT2D eigenvalue weighted by atomic mass is 16.3. The van der Waals surface area contributed by atoms with Gasteiger partial charge in [-0.15, -0.1) is 0 Å². The van der Waals surface area contributed by atoms with Crippen LogP contribution in [0.4, 0.5) is 0 Å². The largest absolute Gasteiger partial charge is 0.454 e. The number of nitriles is 2. The molecule has 17 rings (SSSR count). The zero-order valence-corrected chi connectivity index (χ0v) is 42.1. The van der Waals surface area contributed by atoms with E-state index in [0.29, 0.717) is 45.0 Å². The molecule has 0 amide bonds. The van der Waals surface area contributed by atoms with Gasteiger partial charge in [0.25, 0.3) is 0 Å². The number of furan rings is 2. The average Bonchev–Trinajstić information content (AvgIpc) is 3.87. The Morgan fingerprint density at radius 3 is 0.974 bits per heavy atom. The lowest BCUT2D eigenvalue weighted by Gasteiger charge is -2.27. The molecule has 0 aliphatic heterocycles. The van der Waals surface area contributed by atoms with Gasteiger partial charge in [0, 0.05) is 64.6 Å². The molecule has 78 heavy (non-hydrogen) atoms. The van der Waals surface area contributed by atoms with Crippen molar-refractivity contribution < 1.29 is 8.83 Å². The zero-order chi connectivity index (χ0) is 51.7. The third-order valence-corrected chi connectivity index (χ3v) is 16.5. The van der Waals surface area contributed by atoms with E-state index in [-0.39, 0.29) is 0 Å². The van der Waals surface area contributed by atoms with Crippen LogP contribution in [0, 0.1) is 36.5 Å². The van der Waals surface area contributed by atoms with Crippen molar-refractivity contribution in [3.8, 4) is 34.9 Å². The van der Waals surface area contributed by atoms with Crippen LogP contribution in [0.25, 0.3) is 154 Å². The molecule has 8 heteroatoms. The van der Waals surface area contributed by atoms with E-state index in [4.69, 9.17) is 8.83 Å². The van der Waals surface area contributed by atoms with Crippen molar-refractivity contribution in [2.45, 2.75) is 13.8 Å². The van der Waals surface area contributed by atoms with Gasteiger partial charge in [0.15, 0.2) is 11.2 Å². The summed E-state index contributed by atoms with van der Waals surface area (Å²) in [7, 11) is 0. The molecule has 0 unspecified atom stereocenters. The predicted octanol–water partition coefficient (Wildman–Crippen LogP) is 18.2. The number of aromatic nitrogens is 4. The minimum atomic E-state index is 0.360. The van der Waals surface area contributed by atoms with E-state index in [1.807, 2.05) is 36.4 Å². The van der Waals surface area contributed by atoms with Gasteiger partial charge in [-0.1, -0.05) is 145 Å². The monoisotopic (exact) mass is 996 g/mol. The Hall–Kier alpha value is -10.8. The molecule has 0 spiro atoms. The van der Waals surface area contributed by atoms with E-state index in [1.165, 1.54) is 0 Å². The van der Waals surface area contributed by atoms with Crippen molar-refractivity contribution in [1.29, 1.82) is 10.5 Å². The average molecular weight is 997 g/mol. The maximum atomic E-state index is 12.9. The fourth-order valence-corrected chi connectivity index (χ4v) is 13.4. The summed E-state index contributed by atoms with van der Waals surface area (Å²) in [6.45, 7) is 4.23. The topological polar surface area (TPSA) is 93.6 Å². The van der Waals surface area contributed by atoms with E-state index in [9.17, 15) is 10.5 Å². The summed E-state index contributed by atoms with van der Waals surface area (Å²) in [4.78, 5) is 0. The molecule has 0 N–H and O–H groups in total. The molecule has 0 fully saturated rings. The standard InChI is InChI=1S/C70H40N6O2/c1-39-27-33-59-51(35-39)47-29-31-49-45-19-7-13-25-61(45)77-69(49)67(47)75(59)65-53(37-71)64(74-57-23-11-5-17-43(57)44-18-6-12-24-58(44)74)66(54(38-72)63(65)73-55-21-9-3-15-41(55)42-16-4-10-22-56(42)73)76-60-34-28-40(2)36-52(60)48-30-32-50-46-20-8-14-26-62(46)78-70(50)68(48)76/h3-36H,1-2H3. The number of fused-ring (bicyclic) bond motifs is 20. The Morgan fingerprint density at radius 2 is 0.603 bits per heavy atom. The van der Waals surface area contributed by atoms with E-state index in [1.54, 1.807) is 0 Å². The molecule has 362 valence electrons. The lowest BCUT2D eigenvalue weighted by atomic mass is 9.98. The first kappa shape index (κ1) is 42.5. The lowest BCUT2D eigenvalue weighted by molar-refractivity contribution is 0.670. The van der Waals surface area contributed by atoms with Crippen LogP contribution in [0.5, 0.6) is 0 Å². The Balaban J connectivity index is 1.21. The Morgan fingerprint density at radius 1 is 0.295 bits per heavy atom. The van der Waals surface area contributed by atoms with Crippen molar-refractivity contribution in [3.05, 3.63) is 229 Å². The molecule has 0 radical (unpaired) electrons. The second kappa shape index (κ2) is 15.4. The Bertz CT molecular complexity index is 5180. The summed E-state index contributed by atoms with van der Waals surface area (Å²) in [6.07, 6.45) is 0. The molecular weight excluding hydrogens is 957 g/mol.